The van der Waals surface area contributed by atoms with Crippen molar-refractivity contribution in [1.29, 1.82) is 0 Å². The Morgan fingerprint density at radius 2 is 1.95 bits per heavy atom. The molecule has 1 aromatic rings. The number of piperidine rings is 1. The van der Waals surface area contributed by atoms with Crippen molar-refractivity contribution in [1.82, 2.24) is 5.32 Å². The molecular weight excluding hydrogens is 242 g/mol. The van der Waals surface area contributed by atoms with E-state index in [0.29, 0.717) is 19.3 Å². The first-order valence-corrected chi connectivity index (χ1v) is 6.54. The van der Waals surface area contributed by atoms with Crippen LogP contribution in [0.15, 0.2) is 18.2 Å². The Hall–Kier alpha value is -1.97. The first-order chi connectivity index (χ1) is 9.08. The predicted octanol–water partition coefficient (Wildman–Crippen LogP) is 1.40. The quantitative estimate of drug-likeness (QED) is 0.773. The van der Waals surface area contributed by atoms with Gasteiger partial charge in [0.1, 0.15) is 0 Å². The van der Waals surface area contributed by atoms with Gasteiger partial charge >= 0.3 is 0 Å². The van der Waals surface area contributed by atoms with Gasteiger partial charge in [-0.1, -0.05) is 18.2 Å². The molecule has 0 aromatic heterocycles. The summed E-state index contributed by atoms with van der Waals surface area (Å²) in [6, 6.07) is 5.81. The van der Waals surface area contributed by atoms with Crippen LogP contribution < -0.4 is 5.32 Å². The average Bonchev–Trinajstić information content (AvgIpc) is 2.68. The molecule has 0 saturated carbocycles. The SMILES string of the molecule is Cc1cccc2c1C(=O)C(C1CCC(=O)NC1=O)C2. The molecule has 0 spiro atoms. The number of rotatable bonds is 1. The van der Waals surface area contributed by atoms with Crippen molar-refractivity contribution < 1.29 is 14.4 Å². The second-order valence-electron chi connectivity index (χ2n) is 5.34. The summed E-state index contributed by atoms with van der Waals surface area (Å²) in [7, 11) is 0. The van der Waals surface area contributed by atoms with Gasteiger partial charge in [0.05, 0.1) is 0 Å². The second-order valence-corrected chi connectivity index (χ2v) is 5.34. The molecule has 3 rings (SSSR count). The molecule has 1 N–H and O–H groups in total. The van der Waals surface area contributed by atoms with Gasteiger partial charge in [-0.15, -0.1) is 0 Å². The standard InChI is InChI=1S/C15H15NO3/c1-8-3-2-4-9-7-11(14(18)13(8)9)10-5-6-12(17)16-15(10)19/h2-4,10-11H,5-7H2,1H3,(H,16,17,19). The maximum atomic E-state index is 12.5. The predicted molar refractivity (Wildman–Crippen MR) is 68.6 cm³/mol. The monoisotopic (exact) mass is 257 g/mol. The van der Waals surface area contributed by atoms with Crippen molar-refractivity contribution in [2.75, 3.05) is 0 Å². The van der Waals surface area contributed by atoms with Crippen LogP contribution in [-0.2, 0) is 16.0 Å². The lowest BCUT2D eigenvalue weighted by Crippen LogP contribution is -2.44. The number of carbonyl (C=O) groups excluding carboxylic acids is 3. The third kappa shape index (κ3) is 1.87. The van der Waals surface area contributed by atoms with Gasteiger partial charge in [0.15, 0.2) is 5.78 Å². The highest BCUT2D eigenvalue weighted by molar-refractivity contribution is 6.07. The molecule has 1 fully saturated rings. The molecule has 0 radical (unpaired) electrons. The van der Waals surface area contributed by atoms with E-state index in [1.54, 1.807) is 0 Å². The van der Waals surface area contributed by atoms with Crippen LogP contribution >= 0.6 is 0 Å². The summed E-state index contributed by atoms with van der Waals surface area (Å²) >= 11 is 0. The fourth-order valence-electron chi connectivity index (χ4n) is 3.19. The van der Waals surface area contributed by atoms with Crippen LogP contribution in [0.2, 0.25) is 0 Å². The summed E-state index contributed by atoms with van der Waals surface area (Å²) in [6.45, 7) is 1.92. The zero-order valence-corrected chi connectivity index (χ0v) is 10.7. The number of imide groups is 1. The van der Waals surface area contributed by atoms with Gasteiger partial charge in [-0.05, 0) is 30.9 Å². The molecule has 2 unspecified atom stereocenters. The number of Topliss-reactive ketones (excluding diaryl/α,β-unsaturated/α-hetero) is 1. The molecule has 98 valence electrons. The zero-order valence-electron chi connectivity index (χ0n) is 10.7. The first kappa shape index (κ1) is 12.1. The van der Waals surface area contributed by atoms with E-state index in [4.69, 9.17) is 0 Å². The van der Waals surface area contributed by atoms with Crippen molar-refractivity contribution in [2.45, 2.75) is 26.2 Å². The Bertz CT molecular complexity index is 591. The van der Waals surface area contributed by atoms with Gasteiger partial charge in [-0.3, -0.25) is 19.7 Å². The van der Waals surface area contributed by atoms with Crippen molar-refractivity contribution in [3.63, 3.8) is 0 Å². The lowest BCUT2D eigenvalue weighted by atomic mass is 9.82. The first-order valence-electron chi connectivity index (χ1n) is 6.54. The van der Waals surface area contributed by atoms with Crippen LogP contribution in [0.5, 0.6) is 0 Å². The fraction of sp³-hybridized carbons (Fsp3) is 0.400. The summed E-state index contributed by atoms with van der Waals surface area (Å²) < 4.78 is 0. The number of benzene rings is 1. The third-order valence-electron chi connectivity index (χ3n) is 4.15. The Kier molecular flexibility index (Phi) is 2.73. The van der Waals surface area contributed by atoms with Crippen LogP contribution in [0, 0.1) is 18.8 Å². The van der Waals surface area contributed by atoms with Gasteiger partial charge in [0.2, 0.25) is 11.8 Å². The Morgan fingerprint density at radius 3 is 2.63 bits per heavy atom. The molecule has 0 bridgehead atoms. The Balaban J connectivity index is 1.90. The van der Waals surface area contributed by atoms with Gasteiger partial charge < -0.3 is 0 Å². The van der Waals surface area contributed by atoms with Crippen molar-refractivity contribution in [3.05, 3.63) is 34.9 Å². The molecule has 19 heavy (non-hydrogen) atoms. The zero-order chi connectivity index (χ0) is 13.6. The Labute approximate surface area is 111 Å². The topological polar surface area (TPSA) is 63.2 Å². The van der Waals surface area contributed by atoms with Gasteiger partial charge in [-0.2, -0.15) is 0 Å². The molecule has 1 aliphatic carbocycles. The number of hydrogen-bond acceptors (Lipinski definition) is 3. The fourth-order valence-corrected chi connectivity index (χ4v) is 3.19. The normalized spacial score (nSPS) is 26.3. The number of ketones is 1. The van der Waals surface area contributed by atoms with E-state index in [9.17, 15) is 14.4 Å². The van der Waals surface area contributed by atoms with E-state index in [2.05, 4.69) is 5.32 Å². The van der Waals surface area contributed by atoms with E-state index >= 15 is 0 Å². The maximum absolute atomic E-state index is 12.5. The molecule has 2 amide bonds. The molecular formula is C15H15NO3. The van der Waals surface area contributed by atoms with Crippen molar-refractivity contribution >= 4 is 17.6 Å². The molecule has 4 heteroatoms. The van der Waals surface area contributed by atoms with Crippen LogP contribution in [0.4, 0.5) is 0 Å². The lowest BCUT2D eigenvalue weighted by molar-refractivity contribution is -0.137. The van der Waals surface area contributed by atoms with E-state index in [1.807, 2.05) is 25.1 Å². The molecule has 1 aliphatic heterocycles. The molecule has 1 saturated heterocycles. The largest absolute Gasteiger partial charge is 0.296 e. The number of aryl methyl sites for hydroxylation is 1. The van der Waals surface area contributed by atoms with Crippen LogP contribution in [0.25, 0.3) is 0 Å². The second kappa shape index (κ2) is 4.30. The molecule has 2 aliphatic rings. The molecule has 1 heterocycles. The summed E-state index contributed by atoms with van der Waals surface area (Å²) in [5, 5.41) is 2.34. The third-order valence-corrected chi connectivity index (χ3v) is 4.15. The number of fused-ring (bicyclic) bond motifs is 1. The van der Waals surface area contributed by atoms with Crippen LogP contribution in [0.3, 0.4) is 0 Å². The highest BCUT2D eigenvalue weighted by atomic mass is 16.2. The number of nitrogens with one attached hydrogen (secondary N) is 1. The summed E-state index contributed by atoms with van der Waals surface area (Å²) in [4.78, 5) is 35.5. The van der Waals surface area contributed by atoms with Crippen molar-refractivity contribution in [3.8, 4) is 0 Å². The molecule has 1 aromatic carbocycles. The summed E-state index contributed by atoms with van der Waals surface area (Å²) in [5.74, 6) is -1.13. The van der Waals surface area contributed by atoms with Crippen LogP contribution in [-0.4, -0.2) is 17.6 Å². The van der Waals surface area contributed by atoms with Crippen molar-refractivity contribution in [2.24, 2.45) is 11.8 Å². The van der Waals surface area contributed by atoms with E-state index in [0.717, 1.165) is 16.7 Å². The number of carbonyl (C=O) groups is 3. The van der Waals surface area contributed by atoms with Gasteiger partial charge in [0, 0.05) is 23.8 Å². The van der Waals surface area contributed by atoms with E-state index < -0.39 is 0 Å². The Morgan fingerprint density at radius 1 is 1.16 bits per heavy atom. The number of hydrogen-bond donors (Lipinski definition) is 1. The van der Waals surface area contributed by atoms with Gasteiger partial charge in [-0.25, -0.2) is 0 Å². The molecule has 4 nitrogen and oxygen atoms in total. The highest BCUT2D eigenvalue weighted by Gasteiger charge is 2.42. The lowest BCUT2D eigenvalue weighted by Gasteiger charge is -2.24. The average molecular weight is 257 g/mol. The smallest absolute Gasteiger partial charge is 0.230 e. The van der Waals surface area contributed by atoms with E-state index in [1.165, 1.54) is 0 Å². The van der Waals surface area contributed by atoms with Gasteiger partial charge in [0.25, 0.3) is 0 Å². The summed E-state index contributed by atoms with van der Waals surface area (Å²) in [5.41, 5.74) is 2.77. The minimum atomic E-state index is -0.364. The number of amides is 2. The summed E-state index contributed by atoms with van der Waals surface area (Å²) in [6.07, 6.45) is 1.42. The van der Waals surface area contributed by atoms with Crippen LogP contribution in [0.1, 0.15) is 34.3 Å². The maximum Gasteiger partial charge on any atom is 0.230 e. The molecule has 2 atom stereocenters. The minimum Gasteiger partial charge on any atom is -0.296 e. The minimum absolute atomic E-state index is 0.0580. The highest BCUT2D eigenvalue weighted by Crippen LogP contribution is 2.36. The van der Waals surface area contributed by atoms with E-state index in [-0.39, 0.29) is 29.4 Å².